The lowest BCUT2D eigenvalue weighted by atomic mass is 9.70. The summed E-state index contributed by atoms with van der Waals surface area (Å²) in [5, 5.41) is 6.55. The number of hydrogen-bond acceptors (Lipinski definition) is 6. The Hall–Kier alpha value is -1.40. The molecule has 0 atom stereocenters. The van der Waals surface area contributed by atoms with Crippen molar-refractivity contribution in [2.75, 3.05) is 17.3 Å². The summed E-state index contributed by atoms with van der Waals surface area (Å²) in [6.07, 6.45) is 3.92. The maximum Gasteiger partial charge on any atom is 0.240 e. The first kappa shape index (κ1) is 11.7. The number of nitrogens with zero attached hydrogens (tertiary/aromatic N) is 2. The van der Waals surface area contributed by atoms with Gasteiger partial charge in [-0.3, -0.25) is 5.43 Å². The van der Waals surface area contributed by atoms with E-state index in [1.807, 2.05) is 11.4 Å². The minimum Gasteiger partial charge on any atom is -0.369 e. The normalized spacial score (nSPS) is 17.4. The molecule has 96 valence electrons. The van der Waals surface area contributed by atoms with Crippen LogP contribution in [0.2, 0.25) is 0 Å². The third-order valence-electron chi connectivity index (χ3n) is 3.70. The highest BCUT2D eigenvalue weighted by Crippen LogP contribution is 2.40. The molecule has 0 radical (unpaired) electrons. The molecule has 1 fully saturated rings. The molecule has 18 heavy (non-hydrogen) atoms. The third kappa shape index (κ3) is 2.02. The molecule has 2 aromatic heterocycles. The average Bonchev–Trinajstić information content (AvgIpc) is 2.81. The molecule has 0 unspecified atom stereocenters. The van der Waals surface area contributed by atoms with Gasteiger partial charge in [0.2, 0.25) is 5.95 Å². The van der Waals surface area contributed by atoms with Gasteiger partial charge in [0.25, 0.3) is 0 Å². The standard InChI is InChI=1S/C12H17N5S/c1-12(4-2-5-12)7-14-9-8-3-6-18-10(8)16-11(15-9)17-13/h3,6H,2,4-5,7,13H2,1H3,(H2,14,15,16,17). The van der Waals surface area contributed by atoms with Crippen molar-refractivity contribution < 1.29 is 0 Å². The summed E-state index contributed by atoms with van der Waals surface area (Å²) >= 11 is 1.60. The summed E-state index contributed by atoms with van der Waals surface area (Å²) in [6, 6.07) is 2.05. The van der Waals surface area contributed by atoms with Crippen molar-refractivity contribution in [3.63, 3.8) is 0 Å². The number of nitrogen functional groups attached to an aromatic ring is 1. The van der Waals surface area contributed by atoms with Gasteiger partial charge in [-0.1, -0.05) is 13.3 Å². The number of hydrogen-bond donors (Lipinski definition) is 3. The Kier molecular flexibility index (Phi) is 2.83. The predicted molar refractivity (Wildman–Crippen MR) is 75.7 cm³/mol. The van der Waals surface area contributed by atoms with Crippen molar-refractivity contribution in [2.24, 2.45) is 11.3 Å². The van der Waals surface area contributed by atoms with E-state index < -0.39 is 0 Å². The van der Waals surface area contributed by atoms with Gasteiger partial charge in [-0.15, -0.1) is 11.3 Å². The van der Waals surface area contributed by atoms with E-state index in [0.29, 0.717) is 11.4 Å². The number of nitrogens with one attached hydrogen (secondary N) is 2. The van der Waals surface area contributed by atoms with Crippen LogP contribution < -0.4 is 16.6 Å². The van der Waals surface area contributed by atoms with E-state index in [1.165, 1.54) is 19.3 Å². The van der Waals surface area contributed by atoms with Gasteiger partial charge in [-0.25, -0.2) is 10.8 Å². The largest absolute Gasteiger partial charge is 0.369 e. The highest BCUT2D eigenvalue weighted by molar-refractivity contribution is 7.16. The predicted octanol–water partition coefficient (Wildman–Crippen LogP) is 2.58. The maximum absolute atomic E-state index is 5.40. The Balaban J connectivity index is 1.87. The second kappa shape index (κ2) is 4.37. The second-order valence-corrected chi connectivity index (χ2v) is 6.09. The summed E-state index contributed by atoms with van der Waals surface area (Å²) in [6.45, 7) is 3.27. The topological polar surface area (TPSA) is 75.9 Å². The lowest BCUT2D eigenvalue weighted by Crippen LogP contribution is -2.33. The number of nitrogens with two attached hydrogens (primary N) is 1. The zero-order valence-corrected chi connectivity index (χ0v) is 11.2. The van der Waals surface area contributed by atoms with Crippen LogP contribution in [0.3, 0.4) is 0 Å². The SMILES string of the molecule is CC1(CNc2nc(NN)nc3sccc23)CCC1. The van der Waals surface area contributed by atoms with Crippen molar-refractivity contribution in [3.8, 4) is 0 Å². The van der Waals surface area contributed by atoms with Gasteiger partial charge in [-0.05, 0) is 29.7 Å². The highest BCUT2D eigenvalue weighted by atomic mass is 32.1. The zero-order chi connectivity index (χ0) is 12.6. The molecule has 2 aromatic rings. The molecule has 1 aliphatic rings. The molecule has 0 amide bonds. The van der Waals surface area contributed by atoms with Crippen LogP contribution in [0.4, 0.5) is 11.8 Å². The first-order valence-corrected chi connectivity index (χ1v) is 7.04. The zero-order valence-electron chi connectivity index (χ0n) is 10.4. The van der Waals surface area contributed by atoms with Crippen molar-refractivity contribution in [1.29, 1.82) is 0 Å². The van der Waals surface area contributed by atoms with Crippen LogP contribution in [0, 0.1) is 5.41 Å². The lowest BCUT2D eigenvalue weighted by molar-refractivity contribution is 0.180. The van der Waals surface area contributed by atoms with E-state index in [4.69, 9.17) is 5.84 Å². The second-order valence-electron chi connectivity index (χ2n) is 5.20. The van der Waals surface area contributed by atoms with Crippen molar-refractivity contribution in [3.05, 3.63) is 11.4 Å². The van der Waals surface area contributed by atoms with Gasteiger partial charge < -0.3 is 5.32 Å². The molecule has 0 spiro atoms. The van der Waals surface area contributed by atoms with Gasteiger partial charge in [-0.2, -0.15) is 4.98 Å². The first-order valence-electron chi connectivity index (χ1n) is 6.16. The molecule has 0 bridgehead atoms. The molecule has 1 aliphatic carbocycles. The van der Waals surface area contributed by atoms with Crippen LogP contribution in [0.25, 0.3) is 10.2 Å². The summed E-state index contributed by atoms with van der Waals surface area (Å²) in [4.78, 5) is 9.68. The Labute approximate surface area is 110 Å². The van der Waals surface area contributed by atoms with E-state index in [0.717, 1.165) is 22.6 Å². The fraction of sp³-hybridized carbons (Fsp3) is 0.500. The highest BCUT2D eigenvalue weighted by Gasteiger charge is 2.31. The van der Waals surface area contributed by atoms with Gasteiger partial charge in [0.1, 0.15) is 10.6 Å². The van der Waals surface area contributed by atoms with Crippen LogP contribution in [0.15, 0.2) is 11.4 Å². The molecule has 4 N–H and O–H groups in total. The molecule has 3 rings (SSSR count). The van der Waals surface area contributed by atoms with Crippen molar-refractivity contribution >= 4 is 33.3 Å². The van der Waals surface area contributed by atoms with Gasteiger partial charge in [0.15, 0.2) is 0 Å². The van der Waals surface area contributed by atoms with Crippen LogP contribution in [-0.4, -0.2) is 16.5 Å². The minimum absolute atomic E-state index is 0.420. The van der Waals surface area contributed by atoms with Crippen LogP contribution in [0.1, 0.15) is 26.2 Å². The first-order chi connectivity index (χ1) is 8.70. The smallest absolute Gasteiger partial charge is 0.240 e. The lowest BCUT2D eigenvalue weighted by Gasteiger charge is -2.38. The summed E-state index contributed by atoms with van der Waals surface area (Å²) in [5.74, 6) is 6.74. The molecule has 1 saturated carbocycles. The Morgan fingerprint density at radius 2 is 2.28 bits per heavy atom. The number of thiophene rings is 1. The molecule has 0 aromatic carbocycles. The average molecular weight is 263 g/mol. The van der Waals surface area contributed by atoms with Gasteiger partial charge in [0.05, 0.1) is 5.39 Å². The maximum atomic E-state index is 5.40. The Morgan fingerprint density at radius 3 is 2.94 bits per heavy atom. The fourth-order valence-electron chi connectivity index (χ4n) is 2.31. The van der Waals surface area contributed by atoms with E-state index >= 15 is 0 Å². The summed E-state index contributed by atoms with van der Waals surface area (Å²) < 4.78 is 0. The molecular formula is C12H17N5S. The molecule has 5 nitrogen and oxygen atoms in total. The van der Waals surface area contributed by atoms with Crippen LogP contribution >= 0.6 is 11.3 Å². The number of anilines is 2. The van der Waals surface area contributed by atoms with E-state index in [-0.39, 0.29) is 0 Å². The van der Waals surface area contributed by atoms with Crippen molar-refractivity contribution in [1.82, 2.24) is 9.97 Å². The monoisotopic (exact) mass is 263 g/mol. The quantitative estimate of drug-likeness (QED) is 0.584. The summed E-state index contributed by atoms with van der Waals surface area (Å²) in [5.41, 5.74) is 2.94. The van der Waals surface area contributed by atoms with E-state index in [9.17, 15) is 0 Å². The van der Waals surface area contributed by atoms with E-state index in [1.54, 1.807) is 11.3 Å². The Morgan fingerprint density at radius 1 is 1.44 bits per heavy atom. The molecule has 6 heteroatoms. The summed E-state index contributed by atoms with van der Waals surface area (Å²) in [7, 11) is 0. The minimum atomic E-state index is 0.420. The fourth-order valence-corrected chi connectivity index (χ4v) is 3.07. The van der Waals surface area contributed by atoms with Crippen LogP contribution in [0.5, 0.6) is 0 Å². The molecule has 0 saturated heterocycles. The third-order valence-corrected chi connectivity index (χ3v) is 4.50. The van der Waals surface area contributed by atoms with Crippen molar-refractivity contribution in [2.45, 2.75) is 26.2 Å². The molecule has 0 aliphatic heterocycles. The molecule has 2 heterocycles. The number of fused-ring (bicyclic) bond motifs is 1. The number of hydrazine groups is 1. The van der Waals surface area contributed by atoms with Gasteiger partial charge >= 0.3 is 0 Å². The number of rotatable bonds is 4. The van der Waals surface area contributed by atoms with Gasteiger partial charge in [0, 0.05) is 6.54 Å². The van der Waals surface area contributed by atoms with Crippen LogP contribution in [-0.2, 0) is 0 Å². The number of aromatic nitrogens is 2. The van der Waals surface area contributed by atoms with E-state index in [2.05, 4.69) is 27.6 Å². The molecular weight excluding hydrogens is 246 g/mol. The Bertz CT molecular complexity index is 561.